The van der Waals surface area contributed by atoms with Crippen molar-refractivity contribution >= 4 is 30.0 Å². The van der Waals surface area contributed by atoms with Crippen LogP contribution in [0.4, 0.5) is 5.69 Å². The summed E-state index contributed by atoms with van der Waals surface area (Å²) < 4.78 is 12.8. The van der Waals surface area contributed by atoms with Gasteiger partial charge in [-0.25, -0.2) is 0 Å². The van der Waals surface area contributed by atoms with E-state index in [0.29, 0.717) is 11.8 Å². The van der Waals surface area contributed by atoms with Crippen LogP contribution in [0.3, 0.4) is 0 Å². The minimum absolute atomic E-state index is 0.148. The van der Waals surface area contributed by atoms with Crippen LogP contribution in [0.1, 0.15) is 71.3 Å². The Morgan fingerprint density at radius 3 is 2.03 bits per heavy atom. The predicted molar refractivity (Wildman–Crippen MR) is 159 cm³/mol. The molecule has 2 aromatic carbocycles. The Bertz CT molecular complexity index is 1010. The van der Waals surface area contributed by atoms with Crippen molar-refractivity contribution in [3.63, 3.8) is 0 Å². The number of rotatable bonds is 14. The van der Waals surface area contributed by atoms with E-state index in [4.69, 9.17) is 4.74 Å². The van der Waals surface area contributed by atoms with Gasteiger partial charge in [-0.1, -0.05) is 0 Å². The Balaban J connectivity index is 1.71. The number of hydrogen-bond acceptors (Lipinski definition) is 2. The molecule has 4 rings (SSSR count). The van der Waals surface area contributed by atoms with E-state index >= 15 is 0 Å². The fourth-order valence-electron chi connectivity index (χ4n) is 6.76. The number of ether oxygens (including phenoxy) is 1. The molecule has 1 amide bonds. The summed E-state index contributed by atoms with van der Waals surface area (Å²) in [5.74, 6) is 1.72. The molecule has 0 radical (unpaired) electrons. The molecule has 3 atom stereocenters. The van der Waals surface area contributed by atoms with Crippen LogP contribution >= 0.6 is 0 Å². The summed E-state index contributed by atoms with van der Waals surface area (Å²) >= 11 is -2.49. The van der Waals surface area contributed by atoms with Crippen molar-refractivity contribution < 1.29 is 9.53 Å². The first kappa shape index (κ1) is 28.3. The summed E-state index contributed by atoms with van der Waals surface area (Å²) in [7, 11) is 1.69. The average Bonchev–Trinajstić information content (AvgIpc) is 3.23. The Kier molecular flexibility index (Phi) is 10.2. The van der Waals surface area contributed by atoms with E-state index in [1.807, 2.05) is 12.1 Å². The molecule has 1 saturated carbocycles. The van der Waals surface area contributed by atoms with Crippen LogP contribution in [0.5, 0.6) is 5.75 Å². The second kappa shape index (κ2) is 13.4. The van der Waals surface area contributed by atoms with E-state index in [1.165, 1.54) is 57.4 Å². The van der Waals surface area contributed by atoms with Gasteiger partial charge in [-0.15, -0.1) is 0 Å². The van der Waals surface area contributed by atoms with Crippen molar-refractivity contribution in [1.82, 2.24) is 0 Å². The standard InChI is InChI=1S/C21H20NO2.3C4H9.Sn/c1-14-12-19-20(18(14)13-15-6-4-3-5-7-15)22(21(19)23)16-8-10-17(24-2)11-9-16;3*1-3-4-2;/h1,3-11,18-20H,12-13H2,2H3;3*1,3-4H2,2H3;/t18-,19-,20+;;;;/m1..../s1. The van der Waals surface area contributed by atoms with Gasteiger partial charge in [0.2, 0.25) is 0 Å². The van der Waals surface area contributed by atoms with Gasteiger partial charge in [-0.05, 0) is 0 Å². The van der Waals surface area contributed by atoms with E-state index in [2.05, 4.69) is 72.2 Å². The fourth-order valence-corrected chi connectivity index (χ4v) is 22.4. The molecule has 0 unspecified atom stereocenters. The molecular weight excluding hydrogens is 561 g/mol. The molecule has 3 nitrogen and oxygen atoms in total. The van der Waals surface area contributed by atoms with Gasteiger partial charge in [0.05, 0.1) is 0 Å². The van der Waals surface area contributed by atoms with Gasteiger partial charge < -0.3 is 0 Å². The Labute approximate surface area is 229 Å². The number of benzene rings is 2. The first-order valence-corrected chi connectivity index (χ1v) is 22.5. The van der Waals surface area contributed by atoms with Crippen LogP contribution in [0.15, 0.2) is 64.3 Å². The van der Waals surface area contributed by atoms with Gasteiger partial charge in [-0.3, -0.25) is 0 Å². The zero-order valence-corrected chi connectivity index (χ0v) is 26.4. The van der Waals surface area contributed by atoms with Crippen molar-refractivity contribution in [3.05, 3.63) is 69.8 Å². The van der Waals surface area contributed by atoms with Gasteiger partial charge >= 0.3 is 230 Å². The monoisotopic (exact) mass is 609 g/mol. The molecule has 1 saturated heterocycles. The van der Waals surface area contributed by atoms with E-state index in [1.54, 1.807) is 12.7 Å². The van der Waals surface area contributed by atoms with Gasteiger partial charge in [-0.2, -0.15) is 0 Å². The molecule has 1 aliphatic heterocycles. The topological polar surface area (TPSA) is 29.5 Å². The molecule has 0 aromatic heterocycles. The maximum atomic E-state index is 13.5. The Morgan fingerprint density at radius 1 is 0.892 bits per heavy atom. The predicted octanol–water partition coefficient (Wildman–Crippen LogP) is 8.60. The zero-order chi connectivity index (χ0) is 26.3. The molecule has 1 heterocycles. The third-order valence-corrected chi connectivity index (χ3v) is 23.2. The summed E-state index contributed by atoms with van der Waals surface area (Å²) in [6.07, 6.45) is 10.0. The van der Waals surface area contributed by atoms with Gasteiger partial charge in [0.15, 0.2) is 0 Å². The molecule has 2 aromatic rings. The number of methoxy groups -OCH3 is 1. The third kappa shape index (κ3) is 6.46. The SMILES string of the molecule is CCC[CH2][Sn](/[CH]=C1\C[C@H]2C(=O)N(c3ccc(OC)cc3)[C@H]2[C@@H]1Cc1ccccc1)([CH2]CCC)[CH2]CCC. The molecule has 4 heteroatoms. The fraction of sp³-hybridized carbons (Fsp3) is 0.545. The van der Waals surface area contributed by atoms with E-state index in [0.717, 1.165) is 24.3 Å². The molecule has 0 N–H and O–H groups in total. The molecule has 1 aliphatic carbocycles. The first-order valence-electron chi connectivity index (χ1n) is 14.8. The molecule has 2 aliphatic rings. The van der Waals surface area contributed by atoms with Crippen LogP contribution in [-0.4, -0.2) is 37.4 Å². The molecule has 0 bridgehead atoms. The molecular formula is C33H47NO2Sn. The number of unbranched alkanes of at least 4 members (excludes halogenated alkanes) is 3. The van der Waals surface area contributed by atoms with Gasteiger partial charge in [0, 0.05) is 0 Å². The molecule has 37 heavy (non-hydrogen) atoms. The molecule has 0 spiro atoms. The van der Waals surface area contributed by atoms with E-state index in [-0.39, 0.29) is 12.0 Å². The van der Waals surface area contributed by atoms with Crippen molar-refractivity contribution in [3.8, 4) is 5.75 Å². The Morgan fingerprint density at radius 2 is 1.49 bits per heavy atom. The van der Waals surface area contributed by atoms with E-state index < -0.39 is 18.4 Å². The number of β-lactam (4-membered cyclic amide) rings is 1. The average molecular weight is 608 g/mol. The summed E-state index contributed by atoms with van der Waals surface area (Å²) in [5, 5.41) is 0. The minimum atomic E-state index is -2.49. The van der Waals surface area contributed by atoms with Gasteiger partial charge in [0.1, 0.15) is 0 Å². The third-order valence-electron chi connectivity index (χ3n) is 8.83. The number of carbonyl (C=O) groups excluding carboxylic acids is 1. The summed E-state index contributed by atoms with van der Waals surface area (Å²) in [6, 6.07) is 19.3. The van der Waals surface area contributed by atoms with Crippen LogP contribution < -0.4 is 9.64 Å². The normalized spacial score (nSPS) is 22.3. The summed E-state index contributed by atoms with van der Waals surface area (Å²) in [4.78, 5) is 15.6. The maximum absolute atomic E-state index is 13.5. The second-order valence-electron chi connectivity index (χ2n) is 11.4. The number of carbonyl (C=O) groups is 1. The summed E-state index contributed by atoms with van der Waals surface area (Å²) in [6.45, 7) is 7.05. The zero-order valence-electron chi connectivity index (χ0n) is 23.5. The number of nitrogens with zero attached hydrogens (tertiary/aromatic N) is 1. The second-order valence-corrected chi connectivity index (χ2v) is 24.3. The summed E-state index contributed by atoms with van der Waals surface area (Å²) in [5.41, 5.74) is 4.05. The number of amides is 1. The van der Waals surface area contributed by atoms with Crippen molar-refractivity contribution in [2.75, 3.05) is 12.0 Å². The van der Waals surface area contributed by atoms with Crippen molar-refractivity contribution in [1.29, 1.82) is 0 Å². The van der Waals surface area contributed by atoms with Crippen LogP contribution in [-0.2, 0) is 11.2 Å². The van der Waals surface area contributed by atoms with Crippen LogP contribution in [0, 0.1) is 11.8 Å². The van der Waals surface area contributed by atoms with Crippen LogP contribution in [0.2, 0.25) is 13.3 Å². The van der Waals surface area contributed by atoms with Crippen molar-refractivity contribution in [2.24, 2.45) is 11.8 Å². The number of hydrogen-bond donors (Lipinski definition) is 0. The molecule has 200 valence electrons. The van der Waals surface area contributed by atoms with E-state index in [9.17, 15) is 4.79 Å². The quantitative estimate of drug-likeness (QED) is 0.159. The first-order chi connectivity index (χ1) is 18.1. The van der Waals surface area contributed by atoms with Crippen LogP contribution in [0.25, 0.3) is 0 Å². The number of fused-ring (bicyclic) bond motifs is 1. The number of anilines is 1. The molecule has 2 fully saturated rings. The van der Waals surface area contributed by atoms with Crippen molar-refractivity contribution in [2.45, 2.75) is 91.5 Å². The Hall–Kier alpha value is -1.75. The van der Waals surface area contributed by atoms with Gasteiger partial charge in [0.25, 0.3) is 0 Å².